The molecular formula is C33H30N4O4S3. The van der Waals surface area contributed by atoms with Gasteiger partial charge in [-0.2, -0.15) is 25.3 Å². The summed E-state index contributed by atoms with van der Waals surface area (Å²) in [6.45, 7) is 4.25. The quantitative estimate of drug-likeness (QED) is 0.0458. The smallest absolute Gasteiger partial charge is 0.196 e. The predicted octanol–water partition coefficient (Wildman–Crippen LogP) is 6.85. The van der Waals surface area contributed by atoms with E-state index in [-0.39, 0.29) is 34.4 Å². The van der Waals surface area contributed by atoms with Crippen molar-refractivity contribution in [2.24, 2.45) is 0 Å². The molecule has 44 heavy (non-hydrogen) atoms. The summed E-state index contributed by atoms with van der Waals surface area (Å²) in [7, 11) is 0. The Morgan fingerprint density at radius 1 is 0.614 bits per heavy atom. The van der Waals surface area contributed by atoms with Crippen molar-refractivity contribution in [3.05, 3.63) is 122 Å². The van der Waals surface area contributed by atoms with Crippen molar-refractivity contribution in [2.45, 2.75) is 20.3 Å². The maximum Gasteiger partial charge on any atom is 0.196 e. The van der Waals surface area contributed by atoms with Crippen LogP contribution < -0.4 is 11.5 Å². The first-order valence-electron chi connectivity index (χ1n) is 13.6. The lowest BCUT2D eigenvalue weighted by Crippen LogP contribution is -2.22. The molecule has 6 N–H and O–H groups in total. The lowest BCUT2D eigenvalue weighted by Gasteiger charge is -2.19. The summed E-state index contributed by atoms with van der Waals surface area (Å²) in [6, 6.07) is 20.1. The molecular weight excluding hydrogens is 613 g/mol. The molecule has 11 heteroatoms. The maximum absolute atomic E-state index is 12.7. The van der Waals surface area contributed by atoms with E-state index in [2.05, 4.69) is 49.1 Å². The molecule has 0 atom stereocenters. The molecule has 7 rings (SSSR count). The van der Waals surface area contributed by atoms with Crippen LogP contribution in [0.4, 0.5) is 11.4 Å². The molecule has 1 heterocycles. The summed E-state index contributed by atoms with van der Waals surface area (Å²) in [5.41, 5.74) is 16.4. The van der Waals surface area contributed by atoms with Gasteiger partial charge < -0.3 is 21.4 Å². The van der Waals surface area contributed by atoms with Crippen LogP contribution >= 0.6 is 37.5 Å². The number of hydrogen-bond donors (Lipinski definition) is 6. The lowest BCUT2D eigenvalue weighted by atomic mass is 9.83. The number of aromatic amines is 2. The molecule has 0 radical (unpaired) electrons. The first-order valence-corrected chi connectivity index (χ1v) is 15.3. The molecule has 0 amide bonds. The van der Waals surface area contributed by atoms with Crippen LogP contribution in [-0.4, -0.2) is 38.2 Å². The Morgan fingerprint density at radius 2 is 1.02 bits per heavy atom. The van der Waals surface area contributed by atoms with Crippen LogP contribution in [-0.2, 0) is 0 Å². The summed E-state index contributed by atoms with van der Waals surface area (Å²) >= 11 is 12.4. The van der Waals surface area contributed by atoms with Gasteiger partial charge in [-0.05, 0) is 36.5 Å². The Balaban J connectivity index is 0.000000172. The van der Waals surface area contributed by atoms with E-state index in [1.807, 2.05) is 0 Å². The van der Waals surface area contributed by atoms with Crippen molar-refractivity contribution in [2.75, 3.05) is 16.6 Å². The number of carbonyl (C=O) groups excluding carboxylic acids is 4. The van der Waals surface area contributed by atoms with Crippen LogP contribution in [0.2, 0.25) is 0 Å². The van der Waals surface area contributed by atoms with Gasteiger partial charge in [-0.3, -0.25) is 19.2 Å². The zero-order valence-corrected chi connectivity index (χ0v) is 26.5. The van der Waals surface area contributed by atoms with E-state index in [4.69, 9.17) is 23.7 Å². The molecule has 1 aromatic heterocycles. The number of hydrogen-bond acceptors (Lipinski definition) is 9. The van der Waals surface area contributed by atoms with Gasteiger partial charge in [-0.25, -0.2) is 0 Å². The normalized spacial score (nSPS) is 12.3. The number of benzene rings is 4. The zero-order chi connectivity index (χ0) is 32.1. The molecule has 0 spiro atoms. The highest BCUT2D eigenvalue weighted by atomic mass is 32.2. The van der Waals surface area contributed by atoms with Gasteiger partial charge in [0.2, 0.25) is 0 Å². The fourth-order valence-corrected chi connectivity index (χ4v) is 5.13. The Kier molecular flexibility index (Phi) is 10.3. The van der Waals surface area contributed by atoms with Crippen LogP contribution in [0.25, 0.3) is 11.0 Å². The van der Waals surface area contributed by atoms with E-state index in [9.17, 15) is 19.2 Å². The third kappa shape index (κ3) is 5.99. The monoisotopic (exact) mass is 642 g/mol. The molecule has 0 unspecified atom stereocenters. The van der Waals surface area contributed by atoms with E-state index in [1.165, 1.54) is 6.42 Å². The van der Waals surface area contributed by atoms with Crippen LogP contribution in [0.1, 0.15) is 84.0 Å². The van der Waals surface area contributed by atoms with Crippen molar-refractivity contribution in [1.82, 2.24) is 9.97 Å². The number of thiol groups is 2. The fourth-order valence-electron chi connectivity index (χ4n) is 4.92. The van der Waals surface area contributed by atoms with Crippen molar-refractivity contribution in [1.29, 1.82) is 0 Å². The van der Waals surface area contributed by atoms with Crippen LogP contribution in [0.3, 0.4) is 0 Å². The summed E-state index contributed by atoms with van der Waals surface area (Å²) < 4.78 is 0.438. The van der Waals surface area contributed by atoms with Crippen molar-refractivity contribution < 1.29 is 19.2 Å². The minimum Gasteiger partial charge on any atom is -0.397 e. The molecule has 0 saturated heterocycles. The second kappa shape index (κ2) is 13.9. The summed E-state index contributed by atoms with van der Waals surface area (Å²) in [5, 5.41) is 0.639. The molecule has 5 aromatic rings. The Labute approximate surface area is 270 Å². The highest BCUT2D eigenvalue weighted by molar-refractivity contribution is 7.98. The predicted molar refractivity (Wildman–Crippen MR) is 184 cm³/mol. The lowest BCUT2D eigenvalue weighted by molar-refractivity contribution is 0.0980. The maximum atomic E-state index is 12.7. The van der Waals surface area contributed by atoms with Crippen LogP contribution in [0.15, 0.2) is 72.8 Å². The van der Waals surface area contributed by atoms with Crippen molar-refractivity contribution in [3.63, 3.8) is 0 Å². The van der Waals surface area contributed by atoms with Gasteiger partial charge in [0.05, 0.1) is 33.5 Å². The standard InChI is InChI=1S/C15H8N2O2S.C14H10N2O2.C3H8.CH4S2/c18-13-7-3-1-2-4-8(7)14(19)11-9(13)5-6-10-12(11)17-15(20)16-10;15-10-6-5-9-11(12(10)16)14(18)8-4-2-1-3-7(8)13(9)17;1-3-2;2-1-3/h1-6H,(H2,16,17,20);1-6H,15-16H2;3H2,1-2H3;2-3H,1H2. The fraction of sp³-hybridized carbons (Fsp3) is 0.121. The van der Waals surface area contributed by atoms with E-state index in [0.29, 0.717) is 60.0 Å². The largest absolute Gasteiger partial charge is 0.397 e. The third-order valence-corrected chi connectivity index (χ3v) is 6.95. The zero-order valence-electron chi connectivity index (χ0n) is 23.9. The number of nitrogens with one attached hydrogen (secondary N) is 2. The molecule has 8 nitrogen and oxygen atoms in total. The molecule has 0 saturated carbocycles. The highest BCUT2D eigenvalue weighted by Gasteiger charge is 2.32. The minimum absolute atomic E-state index is 0.127. The molecule has 2 aliphatic carbocycles. The van der Waals surface area contributed by atoms with Gasteiger partial charge in [-0.1, -0.05) is 68.8 Å². The van der Waals surface area contributed by atoms with E-state index in [1.54, 1.807) is 72.8 Å². The van der Waals surface area contributed by atoms with Gasteiger partial charge in [0.25, 0.3) is 0 Å². The number of carbonyl (C=O) groups is 4. The minimum atomic E-state index is -0.245. The van der Waals surface area contributed by atoms with Gasteiger partial charge in [0.1, 0.15) is 0 Å². The molecule has 0 aliphatic heterocycles. The number of nitrogens with two attached hydrogens (primary N) is 2. The Bertz CT molecular complexity index is 1990. The Morgan fingerprint density at radius 3 is 1.52 bits per heavy atom. The number of H-pyrrole nitrogens is 2. The van der Waals surface area contributed by atoms with Gasteiger partial charge >= 0.3 is 0 Å². The van der Waals surface area contributed by atoms with Gasteiger partial charge in [0.15, 0.2) is 27.9 Å². The second-order valence-electron chi connectivity index (χ2n) is 9.74. The second-order valence-corrected chi connectivity index (χ2v) is 11.3. The summed E-state index contributed by atoms with van der Waals surface area (Å²) in [6.07, 6.45) is 1.25. The first kappa shape index (κ1) is 32.5. The van der Waals surface area contributed by atoms with E-state index in [0.717, 1.165) is 5.52 Å². The summed E-state index contributed by atoms with van der Waals surface area (Å²) in [4.78, 5) is 55.7. The topological polar surface area (TPSA) is 152 Å². The Hall–Kier alpha value is -4.45. The summed E-state index contributed by atoms with van der Waals surface area (Å²) in [5.74, 6) is -0.708. The SMILES string of the molecule is CCC.Nc1ccc2c(c1N)C(=O)c1ccccc1C2=O.O=C1c2ccccc2C(=O)c2c1ccc1[nH]c(=S)[nH]c21.SCS. The highest BCUT2D eigenvalue weighted by Crippen LogP contribution is 2.34. The first-order chi connectivity index (χ1) is 21.1. The molecule has 224 valence electrons. The van der Waals surface area contributed by atoms with E-state index < -0.39 is 0 Å². The number of rotatable bonds is 0. The molecule has 4 aromatic carbocycles. The average Bonchev–Trinajstić information content (AvgIpc) is 3.41. The van der Waals surface area contributed by atoms with Crippen molar-refractivity contribution >= 4 is 83.0 Å². The molecule has 2 aliphatic rings. The van der Waals surface area contributed by atoms with Gasteiger partial charge in [-0.15, -0.1) is 0 Å². The number of anilines is 2. The van der Waals surface area contributed by atoms with Crippen molar-refractivity contribution in [3.8, 4) is 0 Å². The number of ketones is 4. The molecule has 0 bridgehead atoms. The van der Waals surface area contributed by atoms with Crippen LogP contribution in [0.5, 0.6) is 0 Å². The number of aromatic nitrogens is 2. The number of imidazole rings is 1. The number of fused-ring (bicyclic) bond motifs is 6. The average molecular weight is 643 g/mol. The van der Waals surface area contributed by atoms with Gasteiger partial charge in [0, 0.05) is 38.5 Å². The number of nitrogen functional groups attached to an aromatic ring is 2. The third-order valence-electron chi connectivity index (χ3n) is 6.75. The van der Waals surface area contributed by atoms with Crippen LogP contribution in [0, 0.1) is 4.77 Å². The molecule has 0 fully saturated rings. The van der Waals surface area contributed by atoms with E-state index >= 15 is 0 Å².